The van der Waals surface area contributed by atoms with Gasteiger partial charge in [-0.05, 0) is 24.3 Å². The van der Waals surface area contributed by atoms with Crippen LogP contribution < -0.4 is 25.1 Å². The Kier molecular flexibility index (Phi) is 6.50. The quantitative estimate of drug-likeness (QED) is 0.394. The van der Waals surface area contributed by atoms with Gasteiger partial charge in [0.05, 0.1) is 32.8 Å². The van der Waals surface area contributed by atoms with Gasteiger partial charge in [-0.15, -0.1) is 10.2 Å². The van der Waals surface area contributed by atoms with Crippen molar-refractivity contribution in [2.45, 2.75) is 5.16 Å². The number of fused-ring (bicyclic) bond motifs is 1. The van der Waals surface area contributed by atoms with Gasteiger partial charge >= 0.3 is 5.56 Å². The number of carbonyl (C=O) groups excluding carboxylic acids is 1. The summed E-state index contributed by atoms with van der Waals surface area (Å²) in [6.45, 7) is 0. The number of ether oxygens (including phenoxy) is 3. The average Bonchev–Trinajstić information content (AvgIpc) is 3.27. The predicted octanol–water partition coefficient (Wildman–Crippen LogP) is 2.64. The van der Waals surface area contributed by atoms with Crippen molar-refractivity contribution in [3.8, 4) is 22.9 Å². The van der Waals surface area contributed by atoms with Crippen molar-refractivity contribution >= 4 is 29.0 Å². The van der Waals surface area contributed by atoms with Gasteiger partial charge in [0.1, 0.15) is 5.75 Å². The molecule has 0 atom stereocenters. The molecule has 0 bridgehead atoms. The zero-order valence-electron chi connectivity index (χ0n) is 18.1. The first-order valence-electron chi connectivity index (χ1n) is 9.79. The van der Waals surface area contributed by atoms with Gasteiger partial charge in [-0.3, -0.25) is 18.6 Å². The van der Waals surface area contributed by atoms with Crippen LogP contribution in [0.15, 0.2) is 64.8 Å². The molecule has 0 spiro atoms. The maximum atomic E-state index is 12.9. The van der Waals surface area contributed by atoms with Crippen molar-refractivity contribution < 1.29 is 19.0 Å². The molecule has 33 heavy (non-hydrogen) atoms. The van der Waals surface area contributed by atoms with Gasteiger partial charge in [0.15, 0.2) is 16.7 Å². The fourth-order valence-corrected chi connectivity index (χ4v) is 3.89. The number of hydrogen-bond donors (Lipinski definition) is 1. The molecule has 1 amide bonds. The number of methoxy groups -OCH3 is 3. The highest BCUT2D eigenvalue weighted by Gasteiger charge is 2.14. The van der Waals surface area contributed by atoms with Gasteiger partial charge in [0.2, 0.25) is 11.6 Å². The van der Waals surface area contributed by atoms with Crippen molar-refractivity contribution in [3.05, 3.63) is 65.2 Å². The van der Waals surface area contributed by atoms with E-state index in [4.69, 9.17) is 14.2 Å². The molecular formula is C22H21N5O5S. The minimum atomic E-state index is -0.333. The molecule has 0 saturated heterocycles. The number of carbonyl (C=O) groups is 1. The topological polar surface area (TPSA) is 109 Å². The van der Waals surface area contributed by atoms with E-state index in [0.29, 0.717) is 33.8 Å². The van der Waals surface area contributed by atoms with E-state index in [9.17, 15) is 9.59 Å². The van der Waals surface area contributed by atoms with E-state index in [0.717, 1.165) is 0 Å². The lowest BCUT2D eigenvalue weighted by atomic mass is 10.2. The van der Waals surface area contributed by atoms with Crippen LogP contribution in [0, 0.1) is 0 Å². The summed E-state index contributed by atoms with van der Waals surface area (Å²) in [6, 6.07) is 12.2. The van der Waals surface area contributed by atoms with Crippen molar-refractivity contribution in [2.24, 2.45) is 0 Å². The monoisotopic (exact) mass is 467 g/mol. The fraction of sp³-hybridized carbons (Fsp3) is 0.182. The summed E-state index contributed by atoms with van der Waals surface area (Å²) in [7, 11) is 4.63. The van der Waals surface area contributed by atoms with Crippen molar-refractivity contribution in [1.82, 2.24) is 19.2 Å². The lowest BCUT2D eigenvalue weighted by molar-refractivity contribution is -0.113. The molecule has 2 heterocycles. The Morgan fingerprint density at radius 3 is 2.58 bits per heavy atom. The Labute approximate surface area is 193 Å². The first kappa shape index (κ1) is 22.2. The molecule has 0 radical (unpaired) electrons. The fourth-order valence-electron chi connectivity index (χ4n) is 3.17. The molecule has 170 valence electrons. The lowest BCUT2D eigenvalue weighted by Gasteiger charge is -2.10. The average molecular weight is 468 g/mol. The molecule has 10 nitrogen and oxygen atoms in total. The van der Waals surface area contributed by atoms with Crippen LogP contribution in [0.5, 0.6) is 17.2 Å². The number of aromatic nitrogens is 4. The van der Waals surface area contributed by atoms with E-state index in [1.54, 1.807) is 73.5 Å². The van der Waals surface area contributed by atoms with E-state index in [1.165, 1.54) is 23.4 Å². The van der Waals surface area contributed by atoms with Crippen molar-refractivity contribution in [3.63, 3.8) is 0 Å². The minimum absolute atomic E-state index is 0.0775. The number of hydrogen-bond acceptors (Lipinski definition) is 8. The molecule has 0 aliphatic heterocycles. The molecule has 0 unspecified atom stereocenters. The summed E-state index contributed by atoms with van der Waals surface area (Å²) in [5.41, 5.74) is 1.04. The van der Waals surface area contributed by atoms with Crippen molar-refractivity contribution in [1.29, 1.82) is 0 Å². The Morgan fingerprint density at radius 1 is 1.00 bits per heavy atom. The number of benzene rings is 2. The lowest BCUT2D eigenvalue weighted by Crippen LogP contribution is -2.20. The van der Waals surface area contributed by atoms with Gasteiger partial charge in [0.25, 0.3) is 0 Å². The molecule has 11 heteroatoms. The zero-order valence-corrected chi connectivity index (χ0v) is 19.0. The Hall–Kier alpha value is -3.99. The van der Waals surface area contributed by atoms with Gasteiger partial charge in [-0.25, -0.2) is 0 Å². The van der Waals surface area contributed by atoms with E-state index in [-0.39, 0.29) is 22.9 Å². The van der Waals surface area contributed by atoms with Gasteiger partial charge < -0.3 is 19.5 Å². The zero-order chi connectivity index (χ0) is 23.4. The summed E-state index contributed by atoms with van der Waals surface area (Å²) >= 11 is 1.17. The first-order valence-corrected chi connectivity index (χ1v) is 10.8. The maximum Gasteiger partial charge on any atom is 0.300 e. The summed E-state index contributed by atoms with van der Waals surface area (Å²) in [5.74, 6) is 1.55. The standard InChI is InChI=1S/C22H21N5O5S/c1-30-16-6-4-5-15(12-16)26-9-10-27-20(21(26)29)24-25-22(27)33-13-19(28)23-14-7-8-17(31-2)18(11-14)32-3/h4-12H,13H2,1-3H3,(H,23,28). The second-order valence-corrected chi connectivity index (χ2v) is 7.70. The second-order valence-electron chi connectivity index (χ2n) is 6.76. The molecule has 0 aliphatic rings. The maximum absolute atomic E-state index is 12.9. The molecule has 0 saturated carbocycles. The molecule has 0 aliphatic carbocycles. The van der Waals surface area contributed by atoms with Gasteiger partial charge in [0, 0.05) is 30.2 Å². The largest absolute Gasteiger partial charge is 0.497 e. The highest BCUT2D eigenvalue weighted by Crippen LogP contribution is 2.30. The normalized spacial score (nSPS) is 10.8. The van der Waals surface area contributed by atoms with Gasteiger partial charge in [-0.1, -0.05) is 17.8 Å². The number of thioether (sulfide) groups is 1. The van der Waals surface area contributed by atoms with Gasteiger partial charge in [-0.2, -0.15) is 0 Å². The first-order chi connectivity index (χ1) is 16.0. The number of nitrogens with one attached hydrogen (secondary N) is 1. The van der Waals surface area contributed by atoms with Crippen LogP contribution in [0.25, 0.3) is 11.3 Å². The number of amides is 1. The molecule has 2 aromatic carbocycles. The van der Waals surface area contributed by atoms with Crippen LogP contribution in [0.4, 0.5) is 5.69 Å². The minimum Gasteiger partial charge on any atom is -0.497 e. The Balaban J connectivity index is 1.49. The van der Waals surface area contributed by atoms with E-state index < -0.39 is 0 Å². The van der Waals surface area contributed by atoms with E-state index in [2.05, 4.69) is 15.5 Å². The third kappa shape index (κ3) is 4.62. The second kappa shape index (κ2) is 9.65. The molecule has 2 aromatic heterocycles. The van der Waals surface area contributed by atoms with Crippen LogP contribution in [0.1, 0.15) is 0 Å². The van der Waals surface area contributed by atoms with E-state index >= 15 is 0 Å². The third-order valence-electron chi connectivity index (χ3n) is 4.77. The number of anilines is 1. The van der Waals surface area contributed by atoms with E-state index in [1.807, 2.05) is 0 Å². The van der Waals surface area contributed by atoms with Crippen molar-refractivity contribution in [2.75, 3.05) is 32.4 Å². The highest BCUT2D eigenvalue weighted by atomic mass is 32.2. The van der Waals surface area contributed by atoms with Crippen LogP contribution in [0.2, 0.25) is 0 Å². The predicted molar refractivity (Wildman–Crippen MR) is 124 cm³/mol. The van der Waals surface area contributed by atoms with Crippen LogP contribution in [-0.4, -0.2) is 52.2 Å². The summed E-state index contributed by atoms with van der Waals surface area (Å²) in [6.07, 6.45) is 3.31. The summed E-state index contributed by atoms with van der Waals surface area (Å²) in [5, 5.41) is 11.3. The molecule has 4 aromatic rings. The number of rotatable bonds is 8. The molecule has 1 N–H and O–H groups in total. The molecule has 0 fully saturated rings. The Bertz CT molecular complexity index is 1370. The van der Waals surface area contributed by atoms with Crippen LogP contribution in [-0.2, 0) is 4.79 Å². The van der Waals surface area contributed by atoms with Crippen LogP contribution in [0.3, 0.4) is 0 Å². The molecule has 4 rings (SSSR count). The number of nitrogens with zero attached hydrogens (tertiary/aromatic N) is 4. The third-order valence-corrected chi connectivity index (χ3v) is 5.71. The summed E-state index contributed by atoms with van der Waals surface area (Å²) in [4.78, 5) is 25.3. The Morgan fingerprint density at radius 2 is 1.82 bits per heavy atom. The summed E-state index contributed by atoms with van der Waals surface area (Å²) < 4.78 is 18.7. The molecular weight excluding hydrogens is 446 g/mol. The van der Waals surface area contributed by atoms with Crippen LogP contribution >= 0.6 is 11.8 Å². The smallest absolute Gasteiger partial charge is 0.300 e. The highest BCUT2D eigenvalue weighted by molar-refractivity contribution is 7.99. The SMILES string of the molecule is COc1cccc(-n2ccn3c(SCC(=O)Nc4ccc(OC)c(OC)c4)nnc3c2=O)c1.